The van der Waals surface area contributed by atoms with Crippen molar-refractivity contribution >= 4 is 17.9 Å². The molecule has 0 heterocycles. The van der Waals surface area contributed by atoms with E-state index in [-0.39, 0.29) is 24.3 Å². The molecule has 0 spiro atoms. The largest absolute Gasteiger partial charge is 0.494 e. The minimum atomic E-state index is -0.622. The quantitative estimate of drug-likeness (QED) is 0.844. The highest BCUT2D eigenvalue weighted by atomic mass is 32.1. The number of thiol groups is 1. The molecule has 0 bridgehead atoms. The average molecular weight is 261 g/mol. The highest BCUT2D eigenvalue weighted by Crippen LogP contribution is 2.21. The Labute approximate surface area is 104 Å². The van der Waals surface area contributed by atoms with E-state index in [1.807, 2.05) is 0 Å². The van der Waals surface area contributed by atoms with Gasteiger partial charge < -0.3 is 9.64 Å². The summed E-state index contributed by atoms with van der Waals surface area (Å²) in [6.45, 7) is 0.269. The topological polar surface area (TPSA) is 29.5 Å². The molecule has 0 N–H and O–H groups in total. The Morgan fingerprint density at radius 3 is 2.59 bits per heavy atom. The smallest absolute Gasteiger partial charge is 0.278 e. The summed E-state index contributed by atoms with van der Waals surface area (Å²) in [6.07, 6.45) is 0.218. The molecular formula is C11H13F2NO2S. The lowest BCUT2D eigenvalue weighted by atomic mass is 10.1. The molecular weight excluding hydrogens is 248 g/mol. The zero-order valence-corrected chi connectivity index (χ0v) is 10.4. The Kier molecular flexibility index (Phi) is 4.74. The lowest BCUT2D eigenvalue weighted by Gasteiger charge is -2.14. The first kappa shape index (κ1) is 13.8. The minimum Gasteiger partial charge on any atom is -0.494 e. The zero-order chi connectivity index (χ0) is 13.0. The number of rotatable bonds is 4. The van der Waals surface area contributed by atoms with Crippen LogP contribution >= 0.6 is 12.6 Å². The summed E-state index contributed by atoms with van der Waals surface area (Å²) in [6, 6.07) is 2.07. The van der Waals surface area contributed by atoms with Crippen molar-refractivity contribution < 1.29 is 18.3 Å². The predicted octanol–water partition coefficient (Wildman–Crippen LogP) is 2.50. The van der Waals surface area contributed by atoms with Gasteiger partial charge in [-0.3, -0.25) is 4.79 Å². The van der Waals surface area contributed by atoms with Gasteiger partial charge in [0.05, 0.1) is 7.11 Å². The third kappa shape index (κ3) is 3.59. The standard InChI is InChI=1S/C11H13F2NO2S/c1-14(11(15)17)4-3-7-5-9(13)10(16-2)6-8(7)12/h5-6H,3-4H2,1-2H3,(H,15,17). The van der Waals surface area contributed by atoms with Gasteiger partial charge in [0, 0.05) is 19.7 Å². The first-order chi connectivity index (χ1) is 7.95. The molecule has 0 saturated carbocycles. The molecule has 0 aliphatic carbocycles. The maximum atomic E-state index is 13.5. The number of likely N-dealkylation sites (N-methyl/N-ethyl adjacent to an activating group) is 1. The van der Waals surface area contributed by atoms with Crippen LogP contribution in [0.2, 0.25) is 0 Å². The number of hydrogen-bond donors (Lipinski definition) is 1. The molecule has 6 heteroatoms. The summed E-state index contributed by atoms with van der Waals surface area (Å²) in [5.41, 5.74) is 0.199. The number of halogens is 2. The Morgan fingerprint density at radius 1 is 1.41 bits per heavy atom. The van der Waals surface area contributed by atoms with Gasteiger partial charge in [0.15, 0.2) is 11.6 Å². The van der Waals surface area contributed by atoms with Crippen LogP contribution in [0.4, 0.5) is 13.6 Å². The highest BCUT2D eigenvalue weighted by molar-refractivity contribution is 7.96. The number of ether oxygens (including phenoxy) is 1. The Morgan fingerprint density at radius 2 is 2.06 bits per heavy atom. The molecule has 17 heavy (non-hydrogen) atoms. The third-order valence-electron chi connectivity index (χ3n) is 2.36. The van der Waals surface area contributed by atoms with E-state index in [4.69, 9.17) is 0 Å². The van der Waals surface area contributed by atoms with Gasteiger partial charge in [0.1, 0.15) is 5.82 Å². The minimum absolute atomic E-state index is 0.134. The summed E-state index contributed by atoms with van der Waals surface area (Å²) >= 11 is 3.62. The SMILES string of the molecule is COc1cc(F)c(CCN(C)C(=O)S)cc1F. The summed E-state index contributed by atoms with van der Waals surface area (Å²) in [5.74, 6) is -1.31. The van der Waals surface area contributed by atoms with Crippen LogP contribution in [0, 0.1) is 11.6 Å². The summed E-state index contributed by atoms with van der Waals surface area (Å²) in [5, 5.41) is -0.417. The van der Waals surface area contributed by atoms with Crippen molar-refractivity contribution in [1.29, 1.82) is 0 Å². The monoisotopic (exact) mass is 261 g/mol. The van der Waals surface area contributed by atoms with Gasteiger partial charge in [-0.05, 0) is 18.1 Å². The second kappa shape index (κ2) is 5.86. The molecule has 1 amide bonds. The van der Waals surface area contributed by atoms with Crippen LogP contribution in [-0.4, -0.2) is 30.8 Å². The Balaban J connectivity index is 2.78. The molecule has 0 saturated heterocycles. The number of benzene rings is 1. The molecule has 0 atom stereocenters. The van der Waals surface area contributed by atoms with Crippen LogP contribution in [-0.2, 0) is 6.42 Å². The van der Waals surface area contributed by atoms with Crippen molar-refractivity contribution in [3.63, 3.8) is 0 Å². The molecule has 1 aromatic rings. The summed E-state index contributed by atoms with van der Waals surface area (Å²) < 4.78 is 31.5. The predicted molar refractivity (Wildman–Crippen MR) is 63.6 cm³/mol. The van der Waals surface area contributed by atoms with E-state index < -0.39 is 16.9 Å². The van der Waals surface area contributed by atoms with Crippen molar-refractivity contribution in [2.75, 3.05) is 20.7 Å². The van der Waals surface area contributed by atoms with Crippen molar-refractivity contribution in [2.24, 2.45) is 0 Å². The average Bonchev–Trinajstić information content (AvgIpc) is 2.29. The Hall–Kier alpha value is -1.30. The van der Waals surface area contributed by atoms with Gasteiger partial charge in [-0.1, -0.05) is 12.6 Å². The van der Waals surface area contributed by atoms with Crippen molar-refractivity contribution in [1.82, 2.24) is 4.90 Å². The van der Waals surface area contributed by atoms with Crippen molar-refractivity contribution in [3.05, 3.63) is 29.3 Å². The van der Waals surface area contributed by atoms with Crippen LogP contribution in [0.1, 0.15) is 5.56 Å². The van der Waals surface area contributed by atoms with E-state index in [0.717, 1.165) is 12.1 Å². The van der Waals surface area contributed by atoms with E-state index in [2.05, 4.69) is 17.4 Å². The zero-order valence-electron chi connectivity index (χ0n) is 9.54. The second-order valence-electron chi connectivity index (χ2n) is 3.53. The van der Waals surface area contributed by atoms with Gasteiger partial charge in [0.25, 0.3) is 5.24 Å². The molecule has 3 nitrogen and oxygen atoms in total. The van der Waals surface area contributed by atoms with Gasteiger partial charge in [-0.15, -0.1) is 0 Å². The van der Waals surface area contributed by atoms with Gasteiger partial charge in [-0.25, -0.2) is 8.78 Å². The molecule has 0 radical (unpaired) electrons. The fraction of sp³-hybridized carbons (Fsp3) is 0.364. The van der Waals surface area contributed by atoms with Gasteiger partial charge >= 0.3 is 0 Å². The van der Waals surface area contributed by atoms with E-state index in [1.54, 1.807) is 0 Å². The van der Waals surface area contributed by atoms with Crippen LogP contribution in [0.5, 0.6) is 5.75 Å². The highest BCUT2D eigenvalue weighted by Gasteiger charge is 2.11. The van der Waals surface area contributed by atoms with Crippen LogP contribution in [0.15, 0.2) is 12.1 Å². The number of carbonyl (C=O) groups excluding carboxylic acids is 1. The molecule has 0 aliphatic rings. The molecule has 0 fully saturated rings. The molecule has 0 aliphatic heterocycles. The van der Waals surface area contributed by atoms with E-state index in [1.165, 1.54) is 19.1 Å². The summed E-state index contributed by atoms with van der Waals surface area (Å²) in [4.78, 5) is 12.1. The van der Waals surface area contributed by atoms with Crippen molar-refractivity contribution in [3.8, 4) is 5.75 Å². The number of nitrogens with zero attached hydrogens (tertiary/aromatic N) is 1. The van der Waals surface area contributed by atoms with Crippen molar-refractivity contribution in [2.45, 2.75) is 6.42 Å². The first-order valence-electron chi connectivity index (χ1n) is 4.91. The molecule has 0 unspecified atom stereocenters. The second-order valence-corrected chi connectivity index (χ2v) is 3.91. The lowest BCUT2D eigenvalue weighted by Crippen LogP contribution is -2.23. The number of carbonyl (C=O) groups is 1. The van der Waals surface area contributed by atoms with Crippen LogP contribution in [0.25, 0.3) is 0 Å². The maximum Gasteiger partial charge on any atom is 0.278 e. The number of methoxy groups -OCH3 is 1. The fourth-order valence-electron chi connectivity index (χ4n) is 1.30. The molecule has 0 aromatic heterocycles. The van der Waals surface area contributed by atoms with Crippen LogP contribution in [0.3, 0.4) is 0 Å². The lowest BCUT2D eigenvalue weighted by molar-refractivity contribution is 0.234. The van der Waals surface area contributed by atoms with Gasteiger partial charge in [-0.2, -0.15) is 0 Å². The number of amides is 1. The van der Waals surface area contributed by atoms with E-state index in [0.29, 0.717) is 0 Å². The third-order valence-corrected chi connectivity index (χ3v) is 2.71. The van der Waals surface area contributed by atoms with E-state index >= 15 is 0 Å². The van der Waals surface area contributed by atoms with E-state index in [9.17, 15) is 13.6 Å². The normalized spacial score (nSPS) is 10.2. The molecule has 94 valence electrons. The summed E-state index contributed by atoms with van der Waals surface area (Å²) in [7, 11) is 2.80. The molecule has 1 aromatic carbocycles. The maximum absolute atomic E-state index is 13.5. The Bertz CT molecular complexity index is 426. The van der Waals surface area contributed by atoms with Crippen LogP contribution < -0.4 is 4.74 Å². The number of hydrogen-bond acceptors (Lipinski definition) is 2. The first-order valence-corrected chi connectivity index (χ1v) is 5.36. The molecule has 1 rings (SSSR count). The van der Waals surface area contributed by atoms with Gasteiger partial charge in [0.2, 0.25) is 0 Å². The fourth-order valence-corrected chi connectivity index (χ4v) is 1.40.